The topological polar surface area (TPSA) is 101 Å². The molecule has 0 aromatic heterocycles. The fourth-order valence-corrected chi connectivity index (χ4v) is 3.94. The first-order chi connectivity index (χ1) is 14.8. The molecule has 1 aliphatic rings. The second kappa shape index (κ2) is 9.55. The largest absolute Gasteiger partial charge is 0.481 e. The van der Waals surface area contributed by atoms with Crippen molar-refractivity contribution in [3.8, 4) is 11.1 Å². The number of rotatable bonds is 6. The first-order valence-electron chi connectivity index (χ1n) is 10.3. The number of nitrogens with zero attached hydrogens (tertiary/aromatic N) is 2. The minimum Gasteiger partial charge on any atom is -0.481 e. The van der Waals surface area contributed by atoms with Gasteiger partial charge in [-0.1, -0.05) is 44.2 Å². The van der Waals surface area contributed by atoms with Crippen LogP contribution in [-0.4, -0.2) is 39.9 Å². The van der Waals surface area contributed by atoms with Crippen molar-refractivity contribution in [3.05, 3.63) is 69.8 Å². The second-order valence-corrected chi connectivity index (χ2v) is 7.95. The van der Waals surface area contributed by atoms with Gasteiger partial charge in [0.05, 0.1) is 22.5 Å². The van der Waals surface area contributed by atoms with E-state index in [1.165, 1.54) is 17.0 Å². The fraction of sp³-hybridized carbons (Fsp3) is 0.333. The molecule has 1 fully saturated rings. The zero-order valence-electron chi connectivity index (χ0n) is 17.6. The van der Waals surface area contributed by atoms with Gasteiger partial charge in [-0.25, -0.2) is 0 Å². The van der Waals surface area contributed by atoms with Gasteiger partial charge in [0.2, 0.25) is 5.91 Å². The molecule has 1 amide bonds. The van der Waals surface area contributed by atoms with Gasteiger partial charge < -0.3 is 10.0 Å². The Morgan fingerprint density at radius 1 is 1.29 bits per heavy atom. The van der Waals surface area contributed by atoms with E-state index in [2.05, 4.69) is 6.07 Å². The predicted octanol–water partition coefficient (Wildman–Crippen LogP) is 4.52. The van der Waals surface area contributed by atoms with Crippen LogP contribution in [0, 0.1) is 22.1 Å². The maximum atomic E-state index is 12.7. The highest BCUT2D eigenvalue weighted by molar-refractivity contribution is 5.94. The Balaban J connectivity index is 1.99. The summed E-state index contributed by atoms with van der Waals surface area (Å²) in [5, 5.41) is 21.0. The van der Waals surface area contributed by atoms with Gasteiger partial charge in [-0.05, 0) is 47.6 Å². The summed E-state index contributed by atoms with van der Waals surface area (Å²) in [6.45, 7) is 4.71. The lowest BCUT2D eigenvalue weighted by atomic mass is 9.89. The minimum absolute atomic E-state index is 0.147. The smallest absolute Gasteiger partial charge is 0.308 e. The first-order valence-corrected chi connectivity index (χ1v) is 10.3. The number of nitro benzene ring substituents is 1. The SMILES string of the molecule is CC(C)c1ccccc1-c1c([N+](=O)[O-])[c]ccc1/C=C/C(=O)N1CCCC(C(=O)O)C1. The monoisotopic (exact) mass is 421 g/mol. The number of carbonyl (C=O) groups is 2. The summed E-state index contributed by atoms with van der Waals surface area (Å²) in [5.74, 6) is -1.62. The Kier molecular flexibility index (Phi) is 6.84. The zero-order chi connectivity index (χ0) is 22.5. The van der Waals surface area contributed by atoms with Crippen molar-refractivity contribution < 1.29 is 19.6 Å². The molecule has 0 bridgehead atoms. The van der Waals surface area contributed by atoms with Crippen LogP contribution < -0.4 is 0 Å². The van der Waals surface area contributed by atoms with E-state index in [9.17, 15) is 24.8 Å². The second-order valence-electron chi connectivity index (χ2n) is 7.95. The van der Waals surface area contributed by atoms with Crippen LogP contribution in [0.4, 0.5) is 5.69 Å². The number of piperidine rings is 1. The lowest BCUT2D eigenvalue weighted by molar-refractivity contribution is -0.384. The van der Waals surface area contributed by atoms with Crippen LogP contribution >= 0.6 is 0 Å². The number of carboxylic acids is 1. The van der Waals surface area contributed by atoms with Crippen molar-refractivity contribution in [2.45, 2.75) is 32.6 Å². The molecule has 1 heterocycles. The Bertz CT molecular complexity index is 1030. The fourth-order valence-electron chi connectivity index (χ4n) is 3.94. The maximum Gasteiger partial charge on any atom is 0.308 e. The van der Waals surface area contributed by atoms with E-state index in [1.807, 2.05) is 38.1 Å². The highest BCUT2D eigenvalue weighted by Gasteiger charge is 2.27. The van der Waals surface area contributed by atoms with Gasteiger partial charge in [0.25, 0.3) is 5.69 Å². The number of carboxylic acid groups (broad SMARTS) is 1. The number of amides is 1. The van der Waals surface area contributed by atoms with E-state index in [4.69, 9.17) is 0 Å². The van der Waals surface area contributed by atoms with Crippen molar-refractivity contribution in [2.24, 2.45) is 5.92 Å². The van der Waals surface area contributed by atoms with Gasteiger partial charge in [-0.3, -0.25) is 19.7 Å². The molecule has 0 spiro atoms. The molecule has 0 saturated carbocycles. The maximum absolute atomic E-state index is 12.7. The normalized spacial score (nSPS) is 16.6. The molecular formula is C24H25N2O5. The van der Waals surface area contributed by atoms with Gasteiger partial charge in [-0.15, -0.1) is 0 Å². The number of hydrogen-bond acceptors (Lipinski definition) is 4. The number of hydrogen-bond donors (Lipinski definition) is 1. The molecule has 1 saturated heterocycles. The Hall–Kier alpha value is -3.48. The molecular weight excluding hydrogens is 396 g/mol. The molecule has 31 heavy (non-hydrogen) atoms. The van der Waals surface area contributed by atoms with E-state index >= 15 is 0 Å². The van der Waals surface area contributed by atoms with Crippen LogP contribution in [0.2, 0.25) is 0 Å². The highest BCUT2D eigenvalue weighted by atomic mass is 16.6. The van der Waals surface area contributed by atoms with Crippen molar-refractivity contribution in [2.75, 3.05) is 13.1 Å². The predicted molar refractivity (Wildman–Crippen MR) is 117 cm³/mol. The Morgan fingerprint density at radius 2 is 2.03 bits per heavy atom. The third-order valence-electron chi connectivity index (χ3n) is 5.53. The summed E-state index contributed by atoms with van der Waals surface area (Å²) in [4.78, 5) is 36.7. The molecule has 1 atom stereocenters. The standard InChI is InChI=1S/C24H25N2O5/c1-16(2)19-9-3-4-10-20(19)23-17(7-5-11-21(23)26(30)31)12-13-22(27)25-14-6-8-18(15-25)24(28)29/h3-5,7,9-10,12-13,16,18H,6,8,14-15H2,1-2H3,(H,28,29)/b13-12+. The van der Waals surface area contributed by atoms with Gasteiger partial charge in [0.1, 0.15) is 0 Å². The molecule has 7 nitrogen and oxygen atoms in total. The summed E-state index contributed by atoms with van der Waals surface area (Å²) >= 11 is 0. The molecule has 161 valence electrons. The molecule has 1 unspecified atom stereocenters. The number of carbonyl (C=O) groups excluding carboxylic acids is 1. The average Bonchev–Trinajstić information content (AvgIpc) is 2.77. The molecule has 7 heteroatoms. The minimum atomic E-state index is -0.900. The zero-order valence-corrected chi connectivity index (χ0v) is 17.6. The van der Waals surface area contributed by atoms with Crippen LogP contribution in [0.15, 0.2) is 42.5 Å². The molecule has 1 N–H and O–H groups in total. The van der Waals surface area contributed by atoms with Crippen molar-refractivity contribution >= 4 is 23.6 Å². The number of nitro groups is 1. The summed E-state index contributed by atoms with van der Waals surface area (Å²) in [6.07, 6.45) is 4.12. The van der Waals surface area contributed by atoms with Gasteiger partial charge in [0.15, 0.2) is 0 Å². The van der Waals surface area contributed by atoms with E-state index in [-0.39, 0.29) is 24.1 Å². The number of benzene rings is 2. The van der Waals surface area contributed by atoms with Gasteiger partial charge >= 0.3 is 5.97 Å². The van der Waals surface area contributed by atoms with Crippen molar-refractivity contribution in [1.29, 1.82) is 0 Å². The average molecular weight is 421 g/mol. The third-order valence-corrected chi connectivity index (χ3v) is 5.53. The molecule has 2 aromatic rings. The molecule has 1 radical (unpaired) electrons. The number of likely N-dealkylation sites (tertiary alicyclic amines) is 1. The molecule has 2 aromatic carbocycles. The Morgan fingerprint density at radius 3 is 2.71 bits per heavy atom. The summed E-state index contributed by atoms with van der Waals surface area (Å²) in [5.41, 5.74) is 2.51. The van der Waals surface area contributed by atoms with Crippen LogP contribution in [0.3, 0.4) is 0 Å². The molecule has 1 aliphatic heterocycles. The van der Waals surface area contributed by atoms with Crippen molar-refractivity contribution in [3.63, 3.8) is 0 Å². The summed E-state index contributed by atoms with van der Waals surface area (Å²) < 4.78 is 0. The van der Waals surface area contributed by atoms with E-state index in [1.54, 1.807) is 12.1 Å². The van der Waals surface area contributed by atoms with E-state index in [0.29, 0.717) is 30.5 Å². The highest BCUT2D eigenvalue weighted by Crippen LogP contribution is 2.38. The quantitative estimate of drug-likeness (QED) is 0.420. The lowest BCUT2D eigenvalue weighted by Gasteiger charge is -2.29. The summed E-state index contributed by atoms with van der Waals surface area (Å²) in [6, 6.07) is 13.4. The summed E-state index contributed by atoms with van der Waals surface area (Å²) in [7, 11) is 0. The van der Waals surface area contributed by atoms with Crippen molar-refractivity contribution in [1.82, 2.24) is 4.90 Å². The van der Waals surface area contributed by atoms with E-state index < -0.39 is 16.8 Å². The lowest BCUT2D eigenvalue weighted by Crippen LogP contribution is -2.41. The van der Waals surface area contributed by atoms with Crippen LogP contribution in [0.1, 0.15) is 43.7 Å². The van der Waals surface area contributed by atoms with Crippen LogP contribution in [-0.2, 0) is 9.59 Å². The first kappa shape index (κ1) is 22.2. The van der Waals surface area contributed by atoms with Crippen LogP contribution in [0.5, 0.6) is 0 Å². The Labute approximate surface area is 181 Å². The number of aliphatic carboxylic acids is 1. The van der Waals surface area contributed by atoms with Crippen LogP contribution in [0.25, 0.3) is 17.2 Å². The molecule has 0 aliphatic carbocycles. The van der Waals surface area contributed by atoms with Gasteiger partial charge in [0, 0.05) is 19.2 Å². The third kappa shape index (κ3) is 4.99. The molecule has 3 rings (SSSR count). The van der Waals surface area contributed by atoms with E-state index in [0.717, 1.165) is 11.1 Å². The van der Waals surface area contributed by atoms with Gasteiger partial charge in [-0.2, -0.15) is 0 Å².